The van der Waals surface area contributed by atoms with E-state index in [2.05, 4.69) is 5.32 Å². The van der Waals surface area contributed by atoms with Gasteiger partial charge in [-0.1, -0.05) is 0 Å². The second-order valence-electron chi connectivity index (χ2n) is 3.76. The van der Waals surface area contributed by atoms with E-state index >= 15 is 0 Å². The minimum atomic E-state index is 0.548. The monoisotopic (exact) mass is 207 g/mol. The van der Waals surface area contributed by atoms with Crippen molar-refractivity contribution in [2.75, 3.05) is 25.6 Å². The third kappa shape index (κ3) is 2.86. The molecule has 1 aromatic rings. The van der Waals surface area contributed by atoms with Gasteiger partial charge in [-0.15, -0.1) is 0 Å². The summed E-state index contributed by atoms with van der Waals surface area (Å²) in [4.78, 5) is 0. The fourth-order valence-corrected chi connectivity index (χ4v) is 1.76. The number of anilines is 1. The van der Waals surface area contributed by atoms with E-state index in [0.717, 1.165) is 37.5 Å². The van der Waals surface area contributed by atoms with Crippen LogP contribution < -0.4 is 10.1 Å². The number of hydrogen-bond donors (Lipinski definition) is 1. The highest BCUT2D eigenvalue weighted by atomic mass is 16.5. The number of nitrogens with one attached hydrogen (secondary N) is 1. The van der Waals surface area contributed by atoms with Gasteiger partial charge in [0.2, 0.25) is 0 Å². The van der Waals surface area contributed by atoms with Crippen LogP contribution in [0.5, 0.6) is 5.75 Å². The zero-order chi connectivity index (χ0) is 10.5. The standard InChI is InChI=1S/C12H17NO2/c1-14-12-4-2-10(3-5-12)13-11-6-8-15-9-7-11/h2-5,11,13H,6-9H2,1H3. The molecule has 3 nitrogen and oxygen atoms in total. The van der Waals surface area contributed by atoms with E-state index in [1.807, 2.05) is 24.3 Å². The number of hydrogen-bond acceptors (Lipinski definition) is 3. The van der Waals surface area contributed by atoms with Crippen molar-refractivity contribution in [2.45, 2.75) is 18.9 Å². The molecule has 2 rings (SSSR count). The van der Waals surface area contributed by atoms with Gasteiger partial charge in [0.25, 0.3) is 0 Å². The van der Waals surface area contributed by atoms with Crippen molar-refractivity contribution in [3.05, 3.63) is 24.3 Å². The summed E-state index contributed by atoms with van der Waals surface area (Å²) in [6.07, 6.45) is 2.18. The predicted octanol–water partition coefficient (Wildman–Crippen LogP) is 2.29. The molecule has 15 heavy (non-hydrogen) atoms. The molecule has 82 valence electrons. The Labute approximate surface area is 90.4 Å². The van der Waals surface area contributed by atoms with Gasteiger partial charge >= 0.3 is 0 Å². The highest BCUT2D eigenvalue weighted by molar-refractivity contribution is 5.47. The van der Waals surface area contributed by atoms with Crippen molar-refractivity contribution < 1.29 is 9.47 Å². The molecular weight excluding hydrogens is 190 g/mol. The molecule has 0 saturated carbocycles. The van der Waals surface area contributed by atoms with Gasteiger partial charge in [-0.3, -0.25) is 0 Å². The van der Waals surface area contributed by atoms with Crippen molar-refractivity contribution in [1.29, 1.82) is 0 Å². The summed E-state index contributed by atoms with van der Waals surface area (Å²) >= 11 is 0. The normalized spacial score (nSPS) is 17.4. The molecule has 0 bridgehead atoms. The summed E-state index contributed by atoms with van der Waals surface area (Å²) < 4.78 is 10.4. The largest absolute Gasteiger partial charge is 0.497 e. The summed E-state index contributed by atoms with van der Waals surface area (Å²) in [5, 5.41) is 3.50. The topological polar surface area (TPSA) is 30.5 Å². The highest BCUT2D eigenvalue weighted by Gasteiger charge is 2.12. The Kier molecular flexibility index (Phi) is 3.45. The first-order valence-electron chi connectivity index (χ1n) is 5.37. The maximum Gasteiger partial charge on any atom is 0.119 e. The van der Waals surface area contributed by atoms with E-state index in [-0.39, 0.29) is 0 Å². The van der Waals surface area contributed by atoms with Crippen LogP contribution in [0.2, 0.25) is 0 Å². The van der Waals surface area contributed by atoms with Gasteiger partial charge in [-0.2, -0.15) is 0 Å². The molecule has 1 aliphatic heterocycles. The maximum atomic E-state index is 5.31. The van der Waals surface area contributed by atoms with Gasteiger partial charge in [-0.05, 0) is 37.1 Å². The van der Waals surface area contributed by atoms with Gasteiger partial charge in [0.05, 0.1) is 7.11 Å². The van der Waals surface area contributed by atoms with Crippen LogP contribution in [0, 0.1) is 0 Å². The minimum absolute atomic E-state index is 0.548. The molecule has 0 spiro atoms. The van der Waals surface area contributed by atoms with Crippen LogP contribution in [-0.4, -0.2) is 26.4 Å². The molecule has 0 unspecified atom stereocenters. The third-order valence-electron chi connectivity index (χ3n) is 2.68. The van der Waals surface area contributed by atoms with Gasteiger partial charge in [0.1, 0.15) is 5.75 Å². The molecule has 1 fully saturated rings. The summed E-state index contributed by atoms with van der Waals surface area (Å²) in [5.74, 6) is 0.896. The fourth-order valence-electron chi connectivity index (χ4n) is 1.76. The SMILES string of the molecule is COc1ccc(NC2CCOCC2)cc1. The molecule has 1 aromatic carbocycles. The van der Waals surface area contributed by atoms with Crippen molar-refractivity contribution in [3.8, 4) is 5.75 Å². The second-order valence-corrected chi connectivity index (χ2v) is 3.76. The quantitative estimate of drug-likeness (QED) is 0.824. The molecule has 1 aliphatic rings. The Morgan fingerprint density at radius 3 is 2.47 bits per heavy atom. The van der Waals surface area contributed by atoms with Crippen molar-refractivity contribution in [3.63, 3.8) is 0 Å². The van der Waals surface area contributed by atoms with Crippen molar-refractivity contribution >= 4 is 5.69 Å². The summed E-state index contributed by atoms with van der Waals surface area (Å²) in [6.45, 7) is 1.74. The lowest BCUT2D eigenvalue weighted by atomic mass is 10.1. The first-order valence-corrected chi connectivity index (χ1v) is 5.37. The summed E-state index contributed by atoms with van der Waals surface area (Å²) in [7, 11) is 1.68. The Hall–Kier alpha value is -1.22. The molecule has 3 heteroatoms. The lowest BCUT2D eigenvalue weighted by Gasteiger charge is -2.24. The lowest BCUT2D eigenvalue weighted by Crippen LogP contribution is -2.27. The van der Waals surface area contributed by atoms with E-state index < -0.39 is 0 Å². The second kappa shape index (κ2) is 5.03. The smallest absolute Gasteiger partial charge is 0.119 e. The Morgan fingerprint density at radius 2 is 1.87 bits per heavy atom. The van der Waals surface area contributed by atoms with Crippen LogP contribution in [0.25, 0.3) is 0 Å². The van der Waals surface area contributed by atoms with E-state index in [1.165, 1.54) is 0 Å². The molecule has 0 aromatic heterocycles. The molecule has 1 saturated heterocycles. The van der Waals surface area contributed by atoms with Crippen LogP contribution in [0.3, 0.4) is 0 Å². The minimum Gasteiger partial charge on any atom is -0.497 e. The Bertz CT molecular complexity index is 291. The number of rotatable bonds is 3. The lowest BCUT2D eigenvalue weighted by molar-refractivity contribution is 0.0904. The van der Waals surface area contributed by atoms with Gasteiger partial charge in [0.15, 0.2) is 0 Å². The molecular formula is C12H17NO2. The van der Waals surface area contributed by atoms with Gasteiger partial charge in [-0.25, -0.2) is 0 Å². The van der Waals surface area contributed by atoms with Crippen LogP contribution in [0.1, 0.15) is 12.8 Å². The highest BCUT2D eigenvalue weighted by Crippen LogP contribution is 2.18. The van der Waals surface area contributed by atoms with Crippen LogP contribution in [0.15, 0.2) is 24.3 Å². The average molecular weight is 207 g/mol. The molecule has 0 atom stereocenters. The molecule has 0 radical (unpaired) electrons. The van der Waals surface area contributed by atoms with Crippen LogP contribution in [-0.2, 0) is 4.74 Å². The summed E-state index contributed by atoms with van der Waals surface area (Å²) in [6, 6.07) is 8.60. The van der Waals surface area contributed by atoms with Crippen molar-refractivity contribution in [2.24, 2.45) is 0 Å². The van der Waals surface area contributed by atoms with E-state index in [1.54, 1.807) is 7.11 Å². The maximum absolute atomic E-state index is 5.31. The number of benzene rings is 1. The first-order chi connectivity index (χ1) is 7.38. The van der Waals surface area contributed by atoms with E-state index in [9.17, 15) is 0 Å². The first kappa shape index (κ1) is 10.3. The van der Waals surface area contributed by atoms with Crippen molar-refractivity contribution in [1.82, 2.24) is 0 Å². The molecule has 0 amide bonds. The van der Waals surface area contributed by atoms with Gasteiger partial charge < -0.3 is 14.8 Å². The zero-order valence-electron chi connectivity index (χ0n) is 9.03. The molecule has 1 N–H and O–H groups in total. The molecule has 0 aliphatic carbocycles. The molecule has 1 heterocycles. The Morgan fingerprint density at radius 1 is 1.20 bits per heavy atom. The zero-order valence-corrected chi connectivity index (χ0v) is 9.03. The number of ether oxygens (including phenoxy) is 2. The van der Waals surface area contributed by atoms with Crippen LogP contribution in [0.4, 0.5) is 5.69 Å². The summed E-state index contributed by atoms with van der Waals surface area (Å²) in [5.41, 5.74) is 1.16. The average Bonchev–Trinajstić information content (AvgIpc) is 2.31. The number of methoxy groups -OCH3 is 1. The van der Waals surface area contributed by atoms with Gasteiger partial charge in [0, 0.05) is 24.9 Å². The fraction of sp³-hybridized carbons (Fsp3) is 0.500. The third-order valence-corrected chi connectivity index (χ3v) is 2.68. The van der Waals surface area contributed by atoms with E-state index in [0.29, 0.717) is 6.04 Å². The van der Waals surface area contributed by atoms with Crippen LogP contribution >= 0.6 is 0 Å². The predicted molar refractivity (Wildman–Crippen MR) is 60.5 cm³/mol. The Balaban J connectivity index is 1.91. The van der Waals surface area contributed by atoms with E-state index in [4.69, 9.17) is 9.47 Å².